The predicted molar refractivity (Wildman–Crippen MR) is 64.6 cm³/mol. The predicted octanol–water partition coefficient (Wildman–Crippen LogP) is 3.71. The second-order valence-electron chi connectivity index (χ2n) is 3.41. The van der Waals surface area contributed by atoms with Crippen LogP contribution in [0.5, 0.6) is 0 Å². The van der Waals surface area contributed by atoms with Crippen molar-refractivity contribution in [1.82, 2.24) is 0 Å². The van der Waals surface area contributed by atoms with Crippen LogP contribution < -0.4 is 0 Å². The minimum absolute atomic E-state index is 0.0407. The molecule has 0 atom stereocenters. The highest BCUT2D eigenvalue weighted by Crippen LogP contribution is 2.23. The van der Waals surface area contributed by atoms with E-state index < -0.39 is 0 Å². The van der Waals surface area contributed by atoms with Gasteiger partial charge >= 0.3 is 0 Å². The van der Waals surface area contributed by atoms with Gasteiger partial charge in [0.1, 0.15) is 6.61 Å². The van der Waals surface area contributed by atoms with E-state index in [9.17, 15) is 4.79 Å². The highest BCUT2D eigenvalue weighted by Gasteiger charge is 2.08. The van der Waals surface area contributed by atoms with Gasteiger partial charge in [0.15, 0.2) is 5.78 Å². The fraction of sp³-hybridized carbons (Fsp3) is 0.364. The largest absolute Gasteiger partial charge is 0.371 e. The number of ketones is 1. The Bertz CT molecular complexity index is 364. The number of hydrogen-bond acceptors (Lipinski definition) is 2. The highest BCUT2D eigenvalue weighted by atomic mass is 79.9. The molecule has 0 saturated heterocycles. The lowest BCUT2D eigenvalue weighted by Crippen LogP contribution is -2.13. The van der Waals surface area contributed by atoms with Crippen LogP contribution in [0.3, 0.4) is 0 Å². The van der Waals surface area contributed by atoms with Crippen molar-refractivity contribution in [2.24, 2.45) is 0 Å². The average molecular weight is 292 g/mol. The van der Waals surface area contributed by atoms with Gasteiger partial charge in [-0.2, -0.15) is 0 Å². The number of Topliss-reactive ketones (excluding diaryl/α,β-unsaturated/α-hetero) is 1. The first-order chi connectivity index (χ1) is 7.00. The summed E-state index contributed by atoms with van der Waals surface area (Å²) in [4.78, 5) is 11.6. The van der Waals surface area contributed by atoms with E-state index in [0.29, 0.717) is 10.6 Å². The molecule has 15 heavy (non-hydrogen) atoms. The Balaban J connectivity index is 2.70. The summed E-state index contributed by atoms with van der Waals surface area (Å²) in [6.07, 6.45) is 0.0599. The maximum Gasteiger partial charge on any atom is 0.188 e. The fourth-order valence-electron chi connectivity index (χ4n) is 0.995. The Morgan fingerprint density at radius 2 is 2.20 bits per heavy atom. The fourth-order valence-corrected chi connectivity index (χ4v) is 1.49. The number of ether oxygens (including phenoxy) is 1. The van der Waals surface area contributed by atoms with Gasteiger partial charge in [0.25, 0.3) is 0 Å². The molecular weight excluding hydrogens is 279 g/mol. The number of rotatable bonds is 4. The van der Waals surface area contributed by atoms with E-state index in [1.807, 2.05) is 13.8 Å². The Morgan fingerprint density at radius 1 is 1.53 bits per heavy atom. The van der Waals surface area contributed by atoms with E-state index in [0.717, 1.165) is 4.47 Å². The molecule has 0 bridgehead atoms. The monoisotopic (exact) mass is 290 g/mol. The highest BCUT2D eigenvalue weighted by molar-refractivity contribution is 9.10. The molecule has 0 saturated carbocycles. The minimum atomic E-state index is -0.0407. The van der Waals surface area contributed by atoms with Crippen molar-refractivity contribution >= 4 is 33.3 Å². The van der Waals surface area contributed by atoms with Crippen molar-refractivity contribution in [2.45, 2.75) is 20.0 Å². The molecule has 82 valence electrons. The maximum absolute atomic E-state index is 11.6. The zero-order valence-corrected chi connectivity index (χ0v) is 10.9. The Labute approximate surface area is 103 Å². The van der Waals surface area contributed by atoms with Gasteiger partial charge in [-0.15, -0.1) is 0 Å². The van der Waals surface area contributed by atoms with Crippen LogP contribution in [0.15, 0.2) is 22.7 Å². The van der Waals surface area contributed by atoms with Gasteiger partial charge in [0.2, 0.25) is 0 Å². The van der Waals surface area contributed by atoms with Crippen molar-refractivity contribution < 1.29 is 9.53 Å². The molecule has 0 aromatic heterocycles. The first kappa shape index (κ1) is 12.7. The lowest BCUT2D eigenvalue weighted by atomic mass is 10.1. The molecule has 1 aromatic carbocycles. The van der Waals surface area contributed by atoms with Gasteiger partial charge in [-0.25, -0.2) is 0 Å². The van der Waals surface area contributed by atoms with Crippen molar-refractivity contribution in [3.05, 3.63) is 33.3 Å². The van der Waals surface area contributed by atoms with Gasteiger partial charge in [0, 0.05) is 10.0 Å². The van der Waals surface area contributed by atoms with Crippen molar-refractivity contribution in [3.63, 3.8) is 0 Å². The second-order valence-corrected chi connectivity index (χ2v) is 4.67. The molecule has 0 aliphatic heterocycles. The minimum Gasteiger partial charge on any atom is -0.371 e. The summed E-state index contributed by atoms with van der Waals surface area (Å²) in [6.45, 7) is 3.89. The van der Waals surface area contributed by atoms with E-state index in [2.05, 4.69) is 15.9 Å². The van der Waals surface area contributed by atoms with Crippen LogP contribution in [0.2, 0.25) is 5.02 Å². The molecule has 0 heterocycles. The quantitative estimate of drug-likeness (QED) is 0.791. The SMILES string of the molecule is CC(C)OCC(=O)c1ccc(Cl)c(Br)c1. The molecule has 0 radical (unpaired) electrons. The smallest absolute Gasteiger partial charge is 0.188 e. The van der Waals surface area contributed by atoms with Crippen molar-refractivity contribution in [3.8, 4) is 0 Å². The standard InChI is InChI=1S/C11H12BrClO2/c1-7(2)15-6-11(14)8-3-4-10(13)9(12)5-8/h3-5,7H,6H2,1-2H3. The van der Waals surface area contributed by atoms with Crippen LogP contribution >= 0.6 is 27.5 Å². The molecule has 0 amide bonds. The third kappa shape index (κ3) is 3.93. The number of carbonyl (C=O) groups excluding carboxylic acids is 1. The molecule has 1 aromatic rings. The molecule has 0 N–H and O–H groups in total. The maximum atomic E-state index is 11.6. The van der Waals surface area contributed by atoms with Gasteiger partial charge in [0.05, 0.1) is 11.1 Å². The third-order valence-corrected chi connectivity index (χ3v) is 3.00. The Kier molecular flexibility index (Phi) is 4.77. The van der Waals surface area contributed by atoms with Crippen molar-refractivity contribution in [1.29, 1.82) is 0 Å². The van der Waals surface area contributed by atoms with E-state index in [1.165, 1.54) is 0 Å². The lowest BCUT2D eigenvalue weighted by molar-refractivity contribution is 0.0585. The molecule has 0 unspecified atom stereocenters. The molecule has 4 heteroatoms. The molecule has 1 rings (SSSR count). The summed E-state index contributed by atoms with van der Waals surface area (Å²) in [6, 6.07) is 5.09. The number of hydrogen-bond donors (Lipinski definition) is 0. The second kappa shape index (κ2) is 5.64. The van der Waals surface area contributed by atoms with E-state index >= 15 is 0 Å². The third-order valence-electron chi connectivity index (χ3n) is 1.79. The van der Waals surface area contributed by atoms with E-state index in [1.54, 1.807) is 18.2 Å². The van der Waals surface area contributed by atoms with Crippen LogP contribution in [0, 0.1) is 0 Å². The summed E-state index contributed by atoms with van der Waals surface area (Å²) < 4.78 is 5.95. The van der Waals surface area contributed by atoms with Gasteiger partial charge < -0.3 is 4.74 Å². The molecule has 2 nitrogen and oxygen atoms in total. The van der Waals surface area contributed by atoms with E-state index in [-0.39, 0.29) is 18.5 Å². The van der Waals surface area contributed by atoms with Crippen LogP contribution in [0.1, 0.15) is 24.2 Å². The molecule has 0 spiro atoms. The van der Waals surface area contributed by atoms with Crippen LogP contribution in [-0.2, 0) is 4.74 Å². The lowest BCUT2D eigenvalue weighted by Gasteiger charge is -2.07. The summed E-state index contributed by atoms with van der Waals surface area (Å²) in [7, 11) is 0. The number of halogens is 2. The molecule has 0 fully saturated rings. The first-order valence-corrected chi connectivity index (χ1v) is 5.77. The van der Waals surface area contributed by atoms with Crippen molar-refractivity contribution in [2.75, 3.05) is 6.61 Å². The number of benzene rings is 1. The Hall–Kier alpha value is -0.380. The zero-order valence-electron chi connectivity index (χ0n) is 8.59. The summed E-state index contributed by atoms with van der Waals surface area (Å²) in [5.41, 5.74) is 0.604. The van der Waals surface area contributed by atoms with Gasteiger partial charge in [-0.3, -0.25) is 4.79 Å². The number of carbonyl (C=O) groups is 1. The normalized spacial score (nSPS) is 10.7. The zero-order chi connectivity index (χ0) is 11.4. The molecular formula is C11H12BrClO2. The van der Waals surface area contributed by atoms with Crippen LogP contribution in [-0.4, -0.2) is 18.5 Å². The van der Waals surface area contributed by atoms with Gasteiger partial charge in [-0.1, -0.05) is 11.6 Å². The summed E-state index contributed by atoms with van der Waals surface area (Å²) >= 11 is 9.09. The molecule has 0 aliphatic rings. The molecule has 0 aliphatic carbocycles. The Morgan fingerprint density at radius 3 is 2.73 bits per heavy atom. The van der Waals surface area contributed by atoms with Crippen LogP contribution in [0.25, 0.3) is 0 Å². The summed E-state index contributed by atoms with van der Waals surface area (Å²) in [5, 5.41) is 0.594. The van der Waals surface area contributed by atoms with Gasteiger partial charge in [-0.05, 0) is 48.0 Å². The summed E-state index contributed by atoms with van der Waals surface area (Å²) in [5.74, 6) is -0.0407. The van der Waals surface area contributed by atoms with Crippen LogP contribution in [0.4, 0.5) is 0 Å². The first-order valence-electron chi connectivity index (χ1n) is 4.60. The van der Waals surface area contributed by atoms with E-state index in [4.69, 9.17) is 16.3 Å². The average Bonchev–Trinajstić information content (AvgIpc) is 2.18. The topological polar surface area (TPSA) is 26.3 Å².